The van der Waals surface area contributed by atoms with Crippen molar-refractivity contribution in [3.8, 4) is 6.07 Å². The fourth-order valence-electron chi connectivity index (χ4n) is 1.15. The normalized spacial score (nSPS) is 16.7. The van der Waals surface area contributed by atoms with Gasteiger partial charge in [-0.05, 0) is 27.3 Å². The summed E-state index contributed by atoms with van der Waals surface area (Å²) in [6.45, 7) is 10.1. The monoisotopic (exact) mass is 214 g/mol. The highest BCUT2D eigenvalue weighted by Crippen LogP contribution is 2.04. The highest BCUT2D eigenvalue weighted by Gasteiger charge is 2.23. The van der Waals surface area contributed by atoms with Gasteiger partial charge in [0.15, 0.2) is 0 Å². The lowest BCUT2D eigenvalue weighted by molar-refractivity contribution is -0.0176. The zero-order valence-electron chi connectivity index (χ0n) is 10.2. The van der Waals surface area contributed by atoms with E-state index < -0.39 is 5.54 Å². The molecule has 0 rings (SSSR count). The number of hydrogen-bond acceptors (Lipinski definition) is 4. The van der Waals surface area contributed by atoms with Crippen molar-refractivity contribution < 1.29 is 9.47 Å². The Balaban J connectivity index is 3.85. The van der Waals surface area contributed by atoms with Gasteiger partial charge in [-0.2, -0.15) is 5.26 Å². The molecule has 4 nitrogen and oxygen atoms in total. The molecule has 0 fully saturated rings. The van der Waals surface area contributed by atoms with Crippen molar-refractivity contribution in [3.63, 3.8) is 0 Å². The van der Waals surface area contributed by atoms with Crippen LogP contribution < -0.4 is 5.32 Å². The van der Waals surface area contributed by atoms with Crippen LogP contribution in [0.25, 0.3) is 0 Å². The Hall–Kier alpha value is -0.630. The molecular formula is C11H22N2O2. The van der Waals surface area contributed by atoms with Crippen molar-refractivity contribution in [1.29, 1.82) is 5.26 Å². The van der Waals surface area contributed by atoms with Crippen LogP contribution >= 0.6 is 0 Å². The predicted octanol–water partition coefficient (Wildman–Crippen LogP) is 1.32. The number of nitrogens with zero attached hydrogens (tertiary/aromatic N) is 1. The third-order valence-electron chi connectivity index (χ3n) is 2.03. The smallest absolute Gasteiger partial charge is 0.127 e. The van der Waals surface area contributed by atoms with E-state index in [4.69, 9.17) is 14.7 Å². The third kappa shape index (κ3) is 6.45. The quantitative estimate of drug-likeness (QED) is 0.662. The molecule has 4 heteroatoms. The first-order valence-corrected chi connectivity index (χ1v) is 5.43. The van der Waals surface area contributed by atoms with Crippen LogP contribution in [0.5, 0.6) is 0 Å². The van der Waals surface area contributed by atoms with Gasteiger partial charge >= 0.3 is 0 Å². The van der Waals surface area contributed by atoms with Crippen molar-refractivity contribution in [3.05, 3.63) is 0 Å². The zero-order valence-corrected chi connectivity index (χ0v) is 10.2. The van der Waals surface area contributed by atoms with E-state index in [1.54, 1.807) is 0 Å². The first-order chi connectivity index (χ1) is 7.08. The summed E-state index contributed by atoms with van der Waals surface area (Å²) in [5, 5.41) is 12.1. The molecule has 0 aromatic carbocycles. The summed E-state index contributed by atoms with van der Waals surface area (Å²) < 4.78 is 10.8. The van der Waals surface area contributed by atoms with Gasteiger partial charge in [-0.15, -0.1) is 0 Å². The maximum absolute atomic E-state index is 8.98. The molecule has 2 atom stereocenters. The van der Waals surface area contributed by atoms with Gasteiger partial charge in [0, 0.05) is 6.61 Å². The average Bonchev–Trinajstić information content (AvgIpc) is 2.24. The van der Waals surface area contributed by atoms with Crippen LogP contribution in [0.4, 0.5) is 0 Å². The minimum atomic E-state index is -0.602. The first-order valence-electron chi connectivity index (χ1n) is 5.43. The summed E-state index contributed by atoms with van der Waals surface area (Å²) in [6, 6.07) is 2.21. The first kappa shape index (κ1) is 14.4. The second kappa shape index (κ2) is 7.63. The highest BCUT2D eigenvalue weighted by atomic mass is 16.5. The Morgan fingerprint density at radius 3 is 2.60 bits per heavy atom. The molecule has 0 radical (unpaired) electrons. The molecule has 0 aromatic heterocycles. The molecule has 0 aliphatic carbocycles. The zero-order chi connectivity index (χ0) is 11.7. The Morgan fingerprint density at radius 1 is 1.47 bits per heavy atom. The van der Waals surface area contributed by atoms with Crippen LogP contribution in [0.2, 0.25) is 0 Å². The molecule has 0 saturated carbocycles. The molecule has 0 aliphatic rings. The van der Waals surface area contributed by atoms with E-state index >= 15 is 0 Å². The van der Waals surface area contributed by atoms with Gasteiger partial charge in [-0.3, -0.25) is 5.32 Å². The number of hydrogen-bond donors (Lipinski definition) is 1. The van der Waals surface area contributed by atoms with Gasteiger partial charge in [0.05, 0.1) is 25.4 Å². The van der Waals surface area contributed by atoms with Crippen LogP contribution in [0.3, 0.4) is 0 Å². The van der Waals surface area contributed by atoms with E-state index in [-0.39, 0.29) is 6.10 Å². The van der Waals surface area contributed by atoms with E-state index in [0.29, 0.717) is 19.8 Å². The Morgan fingerprint density at radius 2 is 2.13 bits per heavy atom. The number of likely N-dealkylation sites (N-methyl/N-ethyl adjacent to an activating group) is 1. The van der Waals surface area contributed by atoms with Crippen molar-refractivity contribution >= 4 is 0 Å². The van der Waals surface area contributed by atoms with Gasteiger partial charge < -0.3 is 9.47 Å². The topological polar surface area (TPSA) is 54.3 Å². The minimum Gasteiger partial charge on any atom is -0.379 e. The van der Waals surface area contributed by atoms with Crippen molar-refractivity contribution in [2.24, 2.45) is 0 Å². The molecule has 0 heterocycles. The molecule has 0 amide bonds. The summed E-state index contributed by atoms with van der Waals surface area (Å²) in [5.41, 5.74) is -0.602. The molecule has 88 valence electrons. The Labute approximate surface area is 92.6 Å². The van der Waals surface area contributed by atoms with Gasteiger partial charge in [0.25, 0.3) is 0 Å². The van der Waals surface area contributed by atoms with Crippen molar-refractivity contribution in [2.75, 3.05) is 26.4 Å². The lowest BCUT2D eigenvalue weighted by Gasteiger charge is -2.24. The van der Waals surface area contributed by atoms with Gasteiger partial charge in [-0.25, -0.2) is 0 Å². The Kier molecular flexibility index (Phi) is 7.31. The number of rotatable bonds is 8. The molecule has 0 saturated heterocycles. The van der Waals surface area contributed by atoms with E-state index in [9.17, 15) is 0 Å². The van der Waals surface area contributed by atoms with Crippen molar-refractivity contribution in [2.45, 2.75) is 39.3 Å². The van der Waals surface area contributed by atoms with Crippen LogP contribution in [0, 0.1) is 11.3 Å². The molecule has 2 unspecified atom stereocenters. The summed E-state index contributed by atoms with van der Waals surface area (Å²) in [6.07, 6.45) is 0.0243. The fourth-order valence-corrected chi connectivity index (χ4v) is 1.15. The number of ether oxygens (including phenoxy) is 2. The maximum Gasteiger partial charge on any atom is 0.127 e. The van der Waals surface area contributed by atoms with Crippen LogP contribution in [-0.2, 0) is 9.47 Å². The lowest BCUT2D eigenvalue weighted by atomic mass is 10.1. The minimum absolute atomic E-state index is 0.0243. The molecule has 0 aromatic rings. The molecule has 0 aliphatic heterocycles. The predicted molar refractivity (Wildman–Crippen MR) is 59.6 cm³/mol. The van der Waals surface area contributed by atoms with Gasteiger partial charge in [-0.1, -0.05) is 6.92 Å². The molecule has 1 N–H and O–H groups in total. The standard InChI is InChI=1S/C11H22N2O2/c1-5-13-11(4,8-12)9-15-10(3)7-14-6-2/h10,13H,5-7,9H2,1-4H3. The van der Waals surface area contributed by atoms with E-state index in [2.05, 4.69) is 11.4 Å². The largest absolute Gasteiger partial charge is 0.379 e. The Bertz CT molecular complexity index is 203. The van der Waals surface area contributed by atoms with Gasteiger partial charge in [0.1, 0.15) is 5.54 Å². The number of nitriles is 1. The summed E-state index contributed by atoms with van der Waals surface area (Å²) in [7, 11) is 0. The summed E-state index contributed by atoms with van der Waals surface area (Å²) in [5.74, 6) is 0. The van der Waals surface area contributed by atoms with Crippen LogP contribution in [0.1, 0.15) is 27.7 Å². The van der Waals surface area contributed by atoms with Crippen LogP contribution in [-0.4, -0.2) is 38.0 Å². The number of nitrogens with one attached hydrogen (secondary N) is 1. The van der Waals surface area contributed by atoms with Gasteiger partial charge in [0.2, 0.25) is 0 Å². The van der Waals surface area contributed by atoms with E-state index in [0.717, 1.165) is 6.54 Å². The molecule has 0 spiro atoms. The molecular weight excluding hydrogens is 192 g/mol. The summed E-state index contributed by atoms with van der Waals surface area (Å²) >= 11 is 0. The fraction of sp³-hybridized carbons (Fsp3) is 0.909. The maximum atomic E-state index is 8.98. The van der Waals surface area contributed by atoms with Crippen molar-refractivity contribution in [1.82, 2.24) is 5.32 Å². The summed E-state index contributed by atoms with van der Waals surface area (Å²) in [4.78, 5) is 0. The SMILES string of the molecule is CCNC(C)(C#N)COC(C)COCC. The molecule has 0 bridgehead atoms. The molecule has 15 heavy (non-hydrogen) atoms. The third-order valence-corrected chi connectivity index (χ3v) is 2.03. The highest BCUT2D eigenvalue weighted by molar-refractivity contribution is 5.03. The second-order valence-electron chi connectivity index (χ2n) is 3.76. The average molecular weight is 214 g/mol. The van der Waals surface area contributed by atoms with E-state index in [1.165, 1.54) is 0 Å². The second-order valence-corrected chi connectivity index (χ2v) is 3.76. The van der Waals surface area contributed by atoms with Crippen LogP contribution in [0.15, 0.2) is 0 Å². The lowest BCUT2D eigenvalue weighted by Crippen LogP contribution is -2.46. The van der Waals surface area contributed by atoms with E-state index in [1.807, 2.05) is 27.7 Å².